The van der Waals surface area contributed by atoms with E-state index in [0.29, 0.717) is 0 Å². The third-order valence-corrected chi connectivity index (χ3v) is 14.9. The molecule has 0 N–H and O–H groups in total. The van der Waals surface area contributed by atoms with Crippen LogP contribution in [0.1, 0.15) is 40.7 Å². The summed E-state index contributed by atoms with van der Waals surface area (Å²) in [5.41, 5.74) is 14.2. The van der Waals surface area contributed by atoms with Gasteiger partial charge in [-0.3, -0.25) is 0 Å². The van der Waals surface area contributed by atoms with E-state index in [0.717, 1.165) is 61.1 Å². The van der Waals surface area contributed by atoms with Crippen molar-refractivity contribution >= 4 is 39.6 Å². The first kappa shape index (κ1) is 39.6. The molecule has 279 valence electrons. The molecule has 0 saturated heterocycles. The zero-order chi connectivity index (χ0) is 38.1. The topological polar surface area (TPSA) is 20.9 Å². The van der Waals surface area contributed by atoms with Crippen LogP contribution in [0.15, 0.2) is 150 Å². The number of furan rings is 1. The van der Waals surface area contributed by atoms with Crippen molar-refractivity contribution in [2.75, 3.05) is 0 Å². The van der Waals surface area contributed by atoms with Crippen molar-refractivity contribution in [3.63, 3.8) is 0 Å². The zero-order valence-electron chi connectivity index (χ0n) is 32.4. The van der Waals surface area contributed by atoms with E-state index in [1.165, 1.54) is 26.6 Å². The molecule has 1 unspecified atom stereocenters. The number of pyridine rings is 2. The molecule has 5 heteroatoms. The van der Waals surface area contributed by atoms with Crippen molar-refractivity contribution in [2.24, 2.45) is 0 Å². The molecule has 0 aliphatic heterocycles. The first-order chi connectivity index (χ1) is 25.9. The maximum Gasteiger partial charge on any atom is 0 e. The van der Waals surface area contributed by atoms with Gasteiger partial charge >= 0.3 is 119 Å². The summed E-state index contributed by atoms with van der Waals surface area (Å²) in [4.78, 5) is 0. The number of hydrogen-bond donors (Lipinski definition) is 0. The Bertz CT molecular complexity index is 2600. The molecule has 1 atom stereocenters. The molecule has 3 aromatic heterocycles. The number of aryl methyl sites for hydroxylation is 1. The molecule has 0 aliphatic carbocycles. The number of fused-ring (bicyclic) bond motifs is 3. The fraction of sp³-hybridized carbons (Fsp3) is 0.120. The van der Waals surface area contributed by atoms with E-state index in [1.54, 1.807) is 0 Å². The second-order valence-corrected chi connectivity index (χ2v) is 25.8. The first-order valence-corrected chi connectivity index (χ1v) is 25.8. The molecule has 0 fully saturated rings. The molecule has 55 heavy (non-hydrogen) atoms. The van der Waals surface area contributed by atoms with Gasteiger partial charge in [-0.1, -0.05) is 96.9 Å². The predicted molar refractivity (Wildman–Crippen MR) is 229 cm³/mol. The Balaban J connectivity index is 0.000000219. The Kier molecular flexibility index (Phi) is 11.7. The largest absolute Gasteiger partial charge is 0 e. The van der Waals surface area contributed by atoms with Crippen LogP contribution in [0.2, 0.25) is 17.3 Å². The SMILES string of the molecule is [CH2-]c1ccc2c(oc3cc(-c4ccccc4)ccc32)c1-c1cc(C(C)c2ccccc2)cc[n+]1[CH2-].[CH2-]c1ccccc1-c1cc(C)[c]([Ge]([CH3])([CH3])[CH3])c[n+]1[CH2-].[Ir]. The van der Waals surface area contributed by atoms with E-state index in [9.17, 15) is 0 Å². The molecule has 8 rings (SSSR count). The Morgan fingerprint density at radius 1 is 0.618 bits per heavy atom. The number of nitrogens with zero attached hydrogens (tertiary/aromatic N) is 2. The van der Waals surface area contributed by atoms with Gasteiger partial charge in [0.2, 0.25) is 0 Å². The summed E-state index contributed by atoms with van der Waals surface area (Å²) < 4.78 is 12.0. The fourth-order valence-corrected chi connectivity index (χ4v) is 11.2. The average Bonchev–Trinajstić information content (AvgIpc) is 3.54. The second-order valence-electron chi connectivity index (χ2n) is 15.2. The summed E-state index contributed by atoms with van der Waals surface area (Å²) in [5, 5.41) is 2.19. The van der Waals surface area contributed by atoms with Crippen LogP contribution in [0.4, 0.5) is 0 Å². The molecule has 3 heterocycles. The van der Waals surface area contributed by atoms with Gasteiger partial charge < -0.3 is 8.98 Å². The van der Waals surface area contributed by atoms with Gasteiger partial charge in [-0.15, -0.1) is 6.07 Å². The van der Waals surface area contributed by atoms with E-state index in [2.05, 4.69) is 181 Å². The van der Waals surface area contributed by atoms with Crippen molar-refractivity contribution < 1.29 is 33.7 Å². The average molecular weight is 958 g/mol. The minimum Gasteiger partial charge on any atom is 0 e. The monoisotopic (exact) mass is 959 g/mol. The van der Waals surface area contributed by atoms with Gasteiger partial charge in [-0.25, -0.2) is 0 Å². The third-order valence-electron chi connectivity index (χ3n) is 10.4. The van der Waals surface area contributed by atoms with Gasteiger partial charge in [-0.05, 0) is 28.8 Å². The smallest absolute Gasteiger partial charge is 0 e. The van der Waals surface area contributed by atoms with Crippen LogP contribution in [-0.2, 0) is 20.1 Å². The van der Waals surface area contributed by atoms with Gasteiger partial charge in [0.25, 0.3) is 0 Å². The van der Waals surface area contributed by atoms with Crippen LogP contribution in [0.3, 0.4) is 0 Å². The first-order valence-electron chi connectivity index (χ1n) is 18.5. The van der Waals surface area contributed by atoms with Crippen LogP contribution in [0, 0.1) is 34.9 Å². The maximum absolute atomic E-state index is 6.54. The van der Waals surface area contributed by atoms with Crippen molar-refractivity contribution in [1.82, 2.24) is 0 Å². The normalized spacial score (nSPS) is 11.8. The Morgan fingerprint density at radius 2 is 1.27 bits per heavy atom. The van der Waals surface area contributed by atoms with Gasteiger partial charge in [0.1, 0.15) is 5.58 Å². The summed E-state index contributed by atoms with van der Waals surface area (Å²) in [5.74, 6) is 7.50. The standard InChI is InChI=1S/C33H26NO.C17H22GeN.Ir/c1-22-14-16-29-28-17-15-27(25-12-8-5-9-13-25)21-31(28)35-33(29)32(22)30-20-26(18-19-34(30)3)23(2)24-10-6-4-7-11-24;1-13-9-7-8-10-15(13)17-11-14(2)16(12-19(17)6)18(3,4)5;/h4-21,23H,1,3H2,2H3;7-12H,1,6H2,2-5H3;/q2*-1;. The van der Waals surface area contributed by atoms with Gasteiger partial charge in [-0.2, -0.15) is 18.6 Å². The van der Waals surface area contributed by atoms with Crippen LogP contribution >= 0.6 is 0 Å². The van der Waals surface area contributed by atoms with Crippen LogP contribution < -0.4 is 13.5 Å². The Labute approximate surface area is 343 Å². The molecule has 0 spiro atoms. The molecule has 0 bridgehead atoms. The number of aromatic nitrogens is 2. The minimum absolute atomic E-state index is 0. The molecule has 0 amide bonds. The van der Waals surface area contributed by atoms with Crippen LogP contribution in [0.25, 0.3) is 55.6 Å². The van der Waals surface area contributed by atoms with Crippen molar-refractivity contribution in [3.8, 4) is 33.6 Å². The molecule has 8 aromatic rings. The Hall–Kier alpha value is -5.13. The predicted octanol–water partition coefficient (Wildman–Crippen LogP) is 11.5. The molecule has 0 aliphatic rings. The fourth-order valence-electron chi connectivity index (χ4n) is 7.42. The molecule has 0 saturated carbocycles. The quantitative estimate of drug-likeness (QED) is 0.0924. The number of hydrogen-bond acceptors (Lipinski definition) is 1. The van der Waals surface area contributed by atoms with Crippen LogP contribution in [0.5, 0.6) is 0 Å². The second kappa shape index (κ2) is 16.3. The van der Waals surface area contributed by atoms with Crippen LogP contribution in [-0.4, -0.2) is 13.3 Å². The van der Waals surface area contributed by atoms with E-state index < -0.39 is 13.3 Å². The maximum atomic E-state index is 6.54. The zero-order valence-corrected chi connectivity index (χ0v) is 36.9. The molecular formula is C50H48GeIrN2O-2. The van der Waals surface area contributed by atoms with E-state index in [4.69, 9.17) is 4.42 Å². The van der Waals surface area contributed by atoms with E-state index in [-0.39, 0.29) is 26.0 Å². The molecule has 1 radical (unpaired) electrons. The third kappa shape index (κ3) is 8.14. The van der Waals surface area contributed by atoms with Gasteiger partial charge in [0.15, 0.2) is 0 Å². The van der Waals surface area contributed by atoms with Crippen molar-refractivity contribution in [2.45, 2.75) is 37.0 Å². The van der Waals surface area contributed by atoms with Crippen molar-refractivity contribution in [3.05, 3.63) is 202 Å². The van der Waals surface area contributed by atoms with E-state index >= 15 is 0 Å². The summed E-state index contributed by atoms with van der Waals surface area (Å²) in [7, 11) is 8.45. The molecule has 5 aromatic carbocycles. The number of rotatable bonds is 6. The minimum atomic E-state index is -1.83. The summed E-state index contributed by atoms with van der Waals surface area (Å²) >= 11 is -1.83. The molecule has 3 nitrogen and oxygen atoms in total. The summed E-state index contributed by atoms with van der Waals surface area (Å²) in [6, 6.07) is 46.4. The number of benzene rings is 5. The summed E-state index contributed by atoms with van der Waals surface area (Å²) in [6.07, 6.45) is 4.25. The van der Waals surface area contributed by atoms with E-state index in [1.807, 2.05) is 33.5 Å². The Morgan fingerprint density at radius 3 is 1.96 bits per heavy atom. The summed E-state index contributed by atoms with van der Waals surface area (Å²) in [6.45, 7) is 12.9. The molecular weight excluding hydrogens is 909 g/mol. The van der Waals surface area contributed by atoms with Gasteiger partial charge in [0, 0.05) is 43.8 Å². The van der Waals surface area contributed by atoms with Gasteiger partial charge in [0.05, 0.1) is 17.5 Å². The van der Waals surface area contributed by atoms with Crippen molar-refractivity contribution in [1.29, 1.82) is 0 Å².